The molecule has 10 heteroatoms. The molecular formula is C19H16N4O5S. The number of fused-ring (bicyclic) bond motifs is 1. The van der Waals surface area contributed by atoms with Gasteiger partial charge in [0.2, 0.25) is 0 Å². The van der Waals surface area contributed by atoms with Gasteiger partial charge in [0.05, 0.1) is 33.3 Å². The number of anilines is 1. The molecule has 0 spiro atoms. The summed E-state index contributed by atoms with van der Waals surface area (Å²) in [6.45, 7) is 2.34. The molecule has 148 valence electrons. The summed E-state index contributed by atoms with van der Waals surface area (Å²) < 4.78 is 6.03. The molecule has 29 heavy (non-hydrogen) atoms. The van der Waals surface area contributed by atoms with E-state index in [1.54, 1.807) is 30.4 Å². The van der Waals surface area contributed by atoms with E-state index in [1.807, 2.05) is 11.0 Å². The molecule has 0 atom stereocenters. The van der Waals surface area contributed by atoms with Gasteiger partial charge in [-0.1, -0.05) is 12.1 Å². The lowest BCUT2D eigenvalue weighted by Crippen LogP contribution is -2.36. The predicted octanol–water partition coefficient (Wildman–Crippen LogP) is 4.12. The molecule has 1 aliphatic rings. The van der Waals surface area contributed by atoms with Gasteiger partial charge < -0.3 is 9.64 Å². The van der Waals surface area contributed by atoms with Gasteiger partial charge in [0.15, 0.2) is 0 Å². The first-order valence-corrected chi connectivity index (χ1v) is 9.67. The highest BCUT2D eigenvalue weighted by atomic mass is 32.1. The van der Waals surface area contributed by atoms with Crippen molar-refractivity contribution in [1.29, 1.82) is 0 Å². The second kappa shape index (κ2) is 7.94. The molecule has 3 aromatic rings. The molecule has 1 aromatic heterocycles. The lowest BCUT2D eigenvalue weighted by atomic mass is 10.1. The number of morpholine rings is 1. The number of nitrogens with zero attached hydrogens (tertiary/aromatic N) is 4. The molecule has 0 aliphatic carbocycles. The lowest BCUT2D eigenvalue weighted by molar-refractivity contribution is -0.384. The van der Waals surface area contributed by atoms with Crippen LogP contribution in [0.15, 0.2) is 36.4 Å². The molecule has 0 bridgehead atoms. The molecule has 1 saturated heterocycles. The Morgan fingerprint density at radius 2 is 1.83 bits per heavy atom. The number of non-ortho nitro benzene ring substituents is 1. The van der Waals surface area contributed by atoms with Crippen molar-refractivity contribution in [1.82, 2.24) is 4.98 Å². The highest BCUT2D eigenvalue weighted by Crippen LogP contribution is 2.31. The van der Waals surface area contributed by atoms with Crippen molar-refractivity contribution in [3.05, 3.63) is 67.2 Å². The Morgan fingerprint density at radius 3 is 2.55 bits per heavy atom. The van der Waals surface area contributed by atoms with Gasteiger partial charge in [-0.15, -0.1) is 11.3 Å². The van der Waals surface area contributed by atoms with Crippen LogP contribution in [0.2, 0.25) is 0 Å². The zero-order valence-electron chi connectivity index (χ0n) is 15.2. The molecule has 0 saturated carbocycles. The molecule has 0 N–H and O–H groups in total. The standard InChI is InChI=1S/C19H16N4O5S/c24-22(25)14-3-4-15-18(12-14)29-19(20-15)6-2-13-1-5-16(17(11-13)23(26)27)21-7-9-28-10-8-21/h1-6,11-12H,7-10H2/b6-2+. The number of aromatic nitrogens is 1. The number of hydrogen-bond donors (Lipinski definition) is 0. The largest absolute Gasteiger partial charge is 0.378 e. The first-order valence-electron chi connectivity index (χ1n) is 8.85. The van der Waals surface area contributed by atoms with E-state index in [-0.39, 0.29) is 16.3 Å². The first-order chi connectivity index (χ1) is 14.0. The average Bonchev–Trinajstić information content (AvgIpc) is 3.14. The molecule has 2 aromatic carbocycles. The third-order valence-electron chi connectivity index (χ3n) is 4.57. The summed E-state index contributed by atoms with van der Waals surface area (Å²) in [5, 5.41) is 23.1. The molecule has 0 amide bonds. The first kappa shape index (κ1) is 19.0. The monoisotopic (exact) mass is 412 g/mol. The Labute approximate surface area is 169 Å². The second-order valence-corrected chi connectivity index (χ2v) is 7.46. The van der Waals surface area contributed by atoms with Gasteiger partial charge in [0, 0.05) is 31.3 Å². The zero-order valence-corrected chi connectivity index (χ0v) is 16.0. The molecule has 1 aliphatic heterocycles. The third kappa shape index (κ3) is 4.08. The zero-order chi connectivity index (χ0) is 20.4. The summed E-state index contributed by atoms with van der Waals surface area (Å²) in [6, 6.07) is 9.65. The van der Waals surface area contributed by atoms with Crippen molar-refractivity contribution in [3.8, 4) is 0 Å². The maximum atomic E-state index is 11.6. The topological polar surface area (TPSA) is 112 Å². The van der Waals surface area contributed by atoms with Crippen LogP contribution in [0.3, 0.4) is 0 Å². The van der Waals surface area contributed by atoms with E-state index < -0.39 is 4.92 Å². The number of hydrogen-bond acceptors (Lipinski definition) is 8. The van der Waals surface area contributed by atoms with Gasteiger partial charge in [-0.2, -0.15) is 0 Å². The summed E-state index contributed by atoms with van der Waals surface area (Å²) in [5.74, 6) is 0. The normalized spacial score (nSPS) is 14.6. The molecule has 4 rings (SSSR count). The van der Waals surface area contributed by atoms with Crippen LogP contribution >= 0.6 is 11.3 Å². The Kier molecular flexibility index (Phi) is 5.19. The van der Waals surface area contributed by atoms with Gasteiger partial charge in [-0.05, 0) is 23.8 Å². The van der Waals surface area contributed by atoms with E-state index in [9.17, 15) is 20.2 Å². The van der Waals surface area contributed by atoms with Crippen LogP contribution in [0.25, 0.3) is 22.4 Å². The molecule has 2 heterocycles. The fourth-order valence-electron chi connectivity index (χ4n) is 3.15. The number of nitro groups is 2. The summed E-state index contributed by atoms with van der Waals surface area (Å²) in [6.07, 6.45) is 3.51. The van der Waals surface area contributed by atoms with Crippen molar-refractivity contribution in [2.75, 3.05) is 31.2 Å². The Morgan fingerprint density at radius 1 is 1.03 bits per heavy atom. The maximum absolute atomic E-state index is 11.6. The van der Waals surface area contributed by atoms with Crippen molar-refractivity contribution in [2.45, 2.75) is 0 Å². The number of nitro benzene ring substituents is 2. The van der Waals surface area contributed by atoms with E-state index in [1.165, 1.54) is 23.5 Å². The van der Waals surface area contributed by atoms with Crippen LogP contribution in [0.1, 0.15) is 10.6 Å². The van der Waals surface area contributed by atoms with Crippen molar-refractivity contribution < 1.29 is 14.6 Å². The van der Waals surface area contributed by atoms with E-state index in [2.05, 4.69) is 4.98 Å². The van der Waals surface area contributed by atoms with Gasteiger partial charge in [-0.3, -0.25) is 20.2 Å². The Hall–Kier alpha value is -3.37. The number of thiazole rings is 1. The number of benzene rings is 2. The lowest BCUT2D eigenvalue weighted by Gasteiger charge is -2.28. The fraction of sp³-hybridized carbons (Fsp3) is 0.211. The van der Waals surface area contributed by atoms with Gasteiger partial charge in [0.1, 0.15) is 10.7 Å². The SMILES string of the molecule is O=[N+]([O-])c1ccc2nc(/C=C/c3ccc(N4CCOCC4)c([N+](=O)[O-])c3)sc2c1. The fourth-order valence-corrected chi connectivity index (χ4v) is 4.05. The second-order valence-electron chi connectivity index (χ2n) is 6.40. The van der Waals surface area contributed by atoms with Gasteiger partial charge >= 0.3 is 0 Å². The van der Waals surface area contributed by atoms with Crippen LogP contribution in [0.5, 0.6) is 0 Å². The van der Waals surface area contributed by atoms with E-state index in [0.717, 1.165) is 0 Å². The van der Waals surface area contributed by atoms with Crippen LogP contribution in [0, 0.1) is 20.2 Å². The highest BCUT2D eigenvalue weighted by molar-refractivity contribution is 7.19. The Balaban J connectivity index is 1.60. The number of rotatable bonds is 5. The molecule has 1 fully saturated rings. The summed E-state index contributed by atoms with van der Waals surface area (Å²) in [4.78, 5) is 28.0. The highest BCUT2D eigenvalue weighted by Gasteiger charge is 2.21. The molecule has 0 unspecified atom stereocenters. The smallest absolute Gasteiger partial charge is 0.293 e. The van der Waals surface area contributed by atoms with Gasteiger partial charge in [0.25, 0.3) is 11.4 Å². The summed E-state index contributed by atoms with van der Waals surface area (Å²) >= 11 is 1.33. The minimum Gasteiger partial charge on any atom is -0.378 e. The van der Waals surface area contributed by atoms with Crippen molar-refractivity contribution in [2.24, 2.45) is 0 Å². The predicted molar refractivity (Wildman–Crippen MR) is 111 cm³/mol. The van der Waals surface area contributed by atoms with Crippen molar-refractivity contribution in [3.63, 3.8) is 0 Å². The average molecular weight is 412 g/mol. The van der Waals surface area contributed by atoms with Crippen LogP contribution in [0.4, 0.5) is 17.1 Å². The Bertz CT molecular complexity index is 1120. The molecular weight excluding hydrogens is 396 g/mol. The molecule has 0 radical (unpaired) electrons. The van der Waals surface area contributed by atoms with Crippen LogP contribution in [-0.2, 0) is 4.74 Å². The van der Waals surface area contributed by atoms with Gasteiger partial charge in [-0.25, -0.2) is 4.98 Å². The molecule has 9 nitrogen and oxygen atoms in total. The summed E-state index contributed by atoms with van der Waals surface area (Å²) in [5.41, 5.74) is 2.01. The summed E-state index contributed by atoms with van der Waals surface area (Å²) in [7, 11) is 0. The number of ether oxygens (including phenoxy) is 1. The minimum absolute atomic E-state index is 0.0194. The maximum Gasteiger partial charge on any atom is 0.293 e. The van der Waals surface area contributed by atoms with E-state index >= 15 is 0 Å². The third-order valence-corrected chi connectivity index (χ3v) is 5.55. The van der Waals surface area contributed by atoms with Crippen LogP contribution in [-0.4, -0.2) is 41.1 Å². The minimum atomic E-state index is -0.441. The van der Waals surface area contributed by atoms with Crippen LogP contribution < -0.4 is 4.90 Å². The van der Waals surface area contributed by atoms with E-state index in [4.69, 9.17) is 4.74 Å². The quantitative estimate of drug-likeness (QED) is 0.458. The van der Waals surface area contributed by atoms with E-state index in [0.29, 0.717) is 52.8 Å². The van der Waals surface area contributed by atoms with Crippen molar-refractivity contribution >= 4 is 50.8 Å².